The van der Waals surface area contributed by atoms with Gasteiger partial charge >= 0.3 is 0 Å². The van der Waals surface area contributed by atoms with Crippen molar-refractivity contribution in [3.63, 3.8) is 0 Å². The van der Waals surface area contributed by atoms with Crippen LogP contribution in [0.5, 0.6) is 11.5 Å². The van der Waals surface area contributed by atoms with Crippen LogP contribution in [0.1, 0.15) is 19.0 Å². The predicted molar refractivity (Wildman–Crippen MR) is 168 cm³/mol. The van der Waals surface area contributed by atoms with Crippen LogP contribution in [0.15, 0.2) is 88.8 Å². The molecule has 2 aromatic heterocycles. The topological polar surface area (TPSA) is 113 Å². The third kappa shape index (κ3) is 6.17. The summed E-state index contributed by atoms with van der Waals surface area (Å²) in [5, 5.41) is 11.6. The third-order valence-electron chi connectivity index (χ3n) is 7.11. The van der Waals surface area contributed by atoms with Gasteiger partial charge in [0.25, 0.3) is 5.56 Å². The third-order valence-corrected chi connectivity index (χ3v) is 8.32. The molecule has 0 radical (unpaired) electrons. The SMILES string of the molecule is CCC(Sc1nnc(-c2ccc(OC)cc2)c(-c2ccc(OC)cc2)n1)C(=O)Nc1c(C)n(C)n(-c2ccccc2)c1=O. The Morgan fingerprint density at radius 2 is 1.47 bits per heavy atom. The Bertz CT molecular complexity index is 1780. The van der Waals surface area contributed by atoms with Gasteiger partial charge in [-0.1, -0.05) is 36.9 Å². The Kier molecular flexibility index (Phi) is 8.91. The summed E-state index contributed by atoms with van der Waals surface area (Å²) in [6.07, 6.45) is 0.483. The lowest BCUT2D eigenvalue weighted by Crippen LogP contribution is -2.28. The van der Waals surface area contributed by atoms with E-state index in [4.69, 9.17) is 14.5 Å². The number of nitrogens with zero attached hydrogens (tertiary/aromatic N) is 5. The zero-order valence-electron chi connectivity index (χ0n) is 24.6. The number of methoxy groups -OCH3 is 2. The van der Waals surface area contributed by atoms with Gasteiger partial charge in [-0.2, -0.15) is 0 Å². The number of hydrogen-bond donors (Lipinski definition) is 1. The van der Waals surface area contributed by atoms with Crippen LogP contribution in [-0.2, 0) is 11.8 Å². The van der Waals surface area contributed by atoms with Crippen molar-refractivity contribution < 1.29 is 14.3 Å². The van der Waals surface area contributed by atoms with Crippen molar-refractivity contribution in [2.24, 2.45) is 7.05 Å². The molecule has 2 heterocycles. The van der Waals surface area contributed by atoms with E-state index >= 15 is 0 Å². The lowest BCUT2D eigenvalue weighted by atomic mass is 10.0. The number of anilines is 1. The van der Waals surface area contributed by atoms with Crippen molar-refractivity contribution in [2.45, 2.75) is 30.7 Å². The largest absolute Gasteiger partial charge is 0.497 e. The molecular weight excluding hydrogens is 564 g/mol. The van der Waals surface area contributed by atoms with Gasteiger partial charge < -0.3 is 14.8 Å². The molecule has 0 spiro atoms. The minimum Gasteiger partial charge on any atom is -0.497 e. The summed E-state index contributed by atoms with van der Waals surface area (Å²) in [5.41, 5.74) is 4.14. The van der Waals surface area contributed by atoms with Crippen LogP contribution in [0.25, 0.3) is 28.2 Å². The number of nitrogens with one attached hydrogen (secondary N) is 1. The summed E-state index contributed by atoms with van der Waals surface area (Å²) in [5.74, 6) is 1.13. The Labute approximate surface area is 253 Å². The number of para-hydroxylation sites is 1. The van der Waals surface area contributed by atoms with E-state index in [1.165, 1.54) is 16.4 Å². The van der Waals surface area contributed by atoms with Crippen LogP contribution in [0.4, 0.5) is 5.69 Å². The molecule has 220 valence electrons. The molecule has 10 nitrogen and oxygen atoms in total. The summed E-state index contributed by atoms with van der Waals surface area (Å²) in [6.45, 7) is 3.71. The Morgan fingerprint density at radius 1 is 0.884 bits per heavy atom. The molecule has 0 fully saturated rings. The Hall–Kier alpha value is -4.90. The fourth-order valence-corrected chi connectivity index (χ4v) is 5.44. The van der Waals surface area contributed by atoms with Gasteiger partial charge in [-0.05, 0) is 74.0 Å². The Balaban J connectivity index is 1.45. The molecule has 5 aromatic rings. The summed E-state index contributed by atoms with van der Waals surface area (Å²) in [6, 6.07) is 24.3. The van der Waals surface area contributed by atoms with Crippen molar-refractivity contribution in [2.75, 3.05) is 19.5 Å². The van der Waals surface area contributed by atoms with Crippen LogP contribution < -0.4 is 20.3 Å². The average molecular weight is 597 g/mol. The van der Waals surface area contributed by atoms with E-state index in [1.54, 1.807) is 32.9 Å². The molecule has 0 saturated carbocycles. The summed E-state index contributed by atoms with van der Waals surface area (Å²) < 4.78 is 13.9. The second kappa shape index (κ2) is 13.0. The molecule has 0 saturated heterocycles. The maximum Gasteiger partial charge on any atom is 0.295 e. The lowest BCUT2D eigenvalue weighted by molar-refractivity contribution is -0.115. The molecule has 3 aromatic carbocycles. The first kappa shape index (κ1) is 29.6. The van der Waals surface area contributed by atoms with Gasteiger partial charge in [0.15, 0.2) is 0 Å². The maximum atomic E-state index is 13.5. The van der Waals surface area contributed by atoms with Gasteiger partial charge in [0.1, 0.15) is 28.6 Å². The van der Waals surface area contributed by atoms with E-state index in [1.807, 2.05) is 85.8 Å². The maximum absolute atomic E-state index is 13.5. The first-order chi connectivity index (χ1) is 20.8. The van der Waals surface area contributed by atoms with Gasteiger partial charge in [-0.3, -0.25) is 14.3 Å². The van der Waals surface area contributed by atoms with Gasteiger partial charge in [-0.25, -0.2) is 9.67 Å². The summed E-state index contributed by atoms with van der Waals surface area (Å²) in [7, 11) is 5.02. The van der Waals surface area contributed by atoms with E-state index in [-0.39, 0.29) is 17.2 Å². The molecule has 0 bridgehead atoms. The molecule has 43 heavy (non-hydrogen) atoms. The molecule has 0 aliphatic carbocycles. The highest BCUT2D eigenvalue weighted by molar-refractivity contribution is 8.00. The highest BCUT2D eigenvalue weighted by atomic mass is 32.2. The molecule has 1 amide bonds. The van der Waals surface area contributed by atoms with E-state index in [0.29, 0.717) is 34.3 Å². The fourth-order valence-electron chi connectivity index (χ4n) is 4.62. The van der Waals surface area contributed by atoms with Crippen LogP contribution in [0.2, 0.25) is 0 Å². The monoisotopic (exact) mass is 596 g/mol. The molecular formula is C32H32N6O4S. The van der Waals surface area contributed by atoms with Crippen molar-refractivity contribution in [1.82, 2.24) is 24.5 Å². The van der Waals surface area contributed by atoms with Crippen LogP contribution in [0, 0.1) is 6.92 Å². The van der Waals surface area contributed by atoms with Crippen molar-refractivity contribution in [1.29, 1.82) is 0 Å². The van der Waals surface area contributed by atoms with Gasteiger partial charge in [-0.15, -0.1) is 10.2 Å². The first-order valence-corrected chi connectivity index (χ1v) is 14.6. The molecule has 11 heteroatoms. The number of amides is 1. The van der Waals surface area contributed by atoms with E-state index in [2.05, 4.69) is 15.5 Å². The number of aromatic nitrogens is 5. The quantitative estimate of drug-likeness (QED) is 0.210. The van der Waals surface area contributed by atoms with Crippen molar-refractivity contribution in [3.8, 4) is 39.7 Å². The molecule has 1 unspecified atom stereocenters. The van der Waals surface area contributed by atoms with Crippen LogP contribution in [0.3, 0.4) is 0 Å². The average Bonchev–Trinajstić information content (AvgIpc) is 3.26. The van der Waals surface area contributed by atoms with Crippen molar-refractivity contribution in [3.05, 3.63) is 94.9 Å². The minimum absolute atomic E-state index is 0.239. The summed E-state index contributed by atoms with van der Waals surface area (Å²) in [4.78, 5) is 31.7. The second-order valence-corrected chi connectivity index (χ2v) is 10.9. The first-order valence-electron chi connectivity index (χ1n) is 13.7. The van der Waals surface area contributed by atoms with Crippen molar-refractivity contribution >= 4 is 23.4 Å². The Morgan fingerprint density at radius 3 is 2.02 bits per heavy atom. The number of rotatable bonds is 10. The molecule has 0 aliphatic rings. The smallest absolute Gasteiger partial charge is 0.295 e. The zero-order chi connectivity index (χ0) is 30.5. The predicted octanol–water partition coefficient (Wildman–Crippen LogP) is 5.53. The zero-order valence-corrected chi connectivity index (χ0v) is 25.4. The molecule has 5 rings (SSSR count). The highest BCUT2D eigenvalue weighted by Crippen LogP contribution is 2.33. The number of carbonyl (C=O) groups excluding carboxylic acids is 1. The van der Waals surface area contributed by atoms with Gasteiger partial charge in [0, 0.05) is 18.2 Å². The molecule has 1 N–H and O–H groups in total. The number of thioether (sulfide) groups is 1. The standard InChI is InChI=1S/C32H32N6O4S/c1-6-26(30(39)33-27-20(2)37(3)38(31(27)40)23-10-8-7-9-11-23)43-32-34-28(21-12-16-24(41-4)17-13-21)29(35-36-32)22-14-18-25(42-5)19-15-22/h7-19,26H,6H2,1-5H3,(H,33,39). The normalized spacial score (nSPS) is 11.7. The van der Waals surface area contributed by atoms with E-state index in [0.717, 1.165) is 22.6 Å². The van der Waals surface area contributed by atoms with Gasteiger partial charge in [0.2, 0.25) is 11.1 Å². The fraction of sp³-hybridized carbons (Fsp3) is 0.219. The molecule has 0 aliphatic heterocycles. The number of carbonyl (C=O) groups is 1. The van der Waals surface area contributed by atoms with Crippen LogP contribution >= 0.6 is 11.8 Å². The van der Waals surface area contributed by atoms with E-state index in [9.17, 15) is 9.59 Å². The number of hydrogen-bond acceptors (Lipinski definition) is 8. The molecule has 1 atom stereocenters. The number of ether oxygens (including phenoxy) is 2. The highest BCUT2D eigenvalue weighted by Gasteiger charge is 2.25. The van der Waals surface area contributed by atoms with E-state index < -0.39 is 5.25 Å². The van der Waals surface area contributed by atoms with Gasteiger partial charge in [0.05, 0.1) is 30.9 Å². The second-order valence-electron chi connectivity index (χ2n) is 9.69. The van der Waals surface area contributed by atoms with Crippen LogP contribution in [-0.4, -0.2) is 49.9 Å². The minimum atomic E-state index is -0.568. The lowest BCUT2D eigenvalue weighted by Gasteiger charge is -2.15. The number of benzene rings is 3. The summed E-state index contributed by atoms with van der Waals surface area (Å²) >= 11 is 1.20.